The van der Waals surface area contributed by atoms with Crippen molar-refractivity contribution in [3.05, 3.63) is 51.7 Å². The van der Waals surface area contributed by atoms with E-state index in [9.17, 15) is 9.59 Å². The molecule has 3 heterocycles. The third-order valence-electron chi connectivity index (χ3n) is 4.50. The average Bonchev–Trinajstić information content (AvgIpc) is 3.06. The van der Waals surface area contributed by atoms with Gasteiger partial charge in [0.25, 0.3) is 5.56 Å². The minimum atomic E-state index is -0.199. The van der Waals surface area contributed by atoms with Gasteiger partial charge in [-0.15, -0.1) is 0 Å². The molecule has 0 radical (unpaired) electrons. The van der Waals surface area contributed by atoms with Crippen molar-refractivity contribution in [3.8, 4) is 0 Å². The van der Waals surface area contributed by atoms with Crippen LogP contribution in [0.5, 0.6) is 0 Å². The topological polar surface area (TPSA) is 78.2 Å². The fraction of sp³-hybridized carbons (Fsp3) is 0.471. The zero-order chi connectivity index (χ0) is 17.3. The lowest BCUT2D eigenvalue weighted by atomic mass is 10.0. The van der Waals surface area contributed by atoms with Crippen molar-refractivity contribution in [2.24, 2.45) is 7.05 Å². The molecule has 1 saturated heterocycles. The maximum absolute atomic E-state index is 12.3. The third-order valence-corrected chi connectivity index (χ3v) is 4.50. The van der Waals surface area contributed by atoms with Crippen molar-refractivity contribution < 1.29 is 9.53 Å². The molecule has 7 nitrogen and oxygen atoms in total. The molecule has 24 heavy (non-hydrogen) atoms. The number of pyridine rings is 1. The number of aromatic nitrogens is 3. The number of nitrogens with one attached hydrogen (secondary N) is 1. The molecule has 1 aliphatic rings. The fourth-order valence-electron chi connectivity index (χ4n) is 3.22. The second kappa shape index (κ2) is 6.60. The molecular formula is C17H22N4O3. The van der Waals surface area contributed by atoms with E-state index in [-0.39, 0.29) is 30.2 Å². The number of nitrogens with zero attached hydrogens (tertiary/aromatic N) is 3. The monoisotopic (exact) mass is 330 g/mol. The smallest absolute Gasteiger partial charge is 0.250 e. The van der Waals surface area contributed by atoms with Crippen LogP contribution in [0.25, 0.3) is 0 Å². The molecule has 0 spiro atoms. The Kier molecular flexibility index (Phi) is 4.53. The number of carbonyl (C=O) groups is 1. The van der Waals surface area contributed by atoms with E-state index in [1.165, 1.54) is 10.6 Å². The number of carbonyl (C=O) groups excluding carboxylic acids is 1. The van der Waals surface area contributed by atoms with Crippen LogP contribution in [0.1, 0.15) is 29.5 Å². The summed E-state index contributed by atoms with van der Waals surface area (Å²) in [5.41, 5.74) is 2.81. The molecule has 0 aliphatic carbocycles. The molecule has 0 unspecified atom stereocenters. The van der Waals surface area contributed by atoms with Gasteiger partial charge in [-0.3, -0.25) is 14.3 Å². The summed E-state index contributed by atoms with van der Waals surface area (Å²) < 4.78 is 9.08. The van der Waals surface area contributed by atoms with Crippen LogP contribution in [-0.2, 0) is 23.1 Å². The van der Waals surface area contributed by atoms with Gasteiger partial charge in [-0.1, -0.05) is 6.07 Å². The molecule has 1 N–H and O–H groups in total. The van der Waals surface area contributed by atoms with E-state index < -0.39 is 0 Å². The lowest BCUT2D eigenvalue weighted by Crippen LogP contribution is -2.40. The molecule has 1 fully saturated rings. The summed E-state index contributed by atoms with van der Waals surface area (Å²) in [6.07, 6.45) is 2.16. The predicted octanol–water partition coefficient (Wildman–Crippen LogP) is 0.845. The van der Waals surface area contributed by atoms with Crippen LogP contribution < -0.4 is 10.9 Å². The van der Waals surface area contributed by atoms with E-state index in [1.807, 2.05) is 25.6 Å². The van der Waals surface area contributed by atoms with Gasteiger partial charge in [0.2, 0.25) is 5.91 Å². The Morgan fingerprint density at radius 2 is 2.21 bits per heavy atom. The summed E-state index contributed by atoms with van der Waals surface area (Å²) in [6.45, 7) is 4.55. The predicted molar refractivity (Wildman–Crippen MR) is 88.6 cm³/mol. The summed E-state index contributed by atoms with van der Waals surface area (Å²) in [5, 5.41) is 7.43. The molecule has 7 heteroatoms. The van der Waals surface area contributed by atoms with E-state index in [2.05, 4.69) is 10.4 Å². The highest BCUT2D eigenvalue weighted by molar-refractivity contribution is 5.76. The van der Waals surface area contributed by atoms with Crippen molar-refractivity contribution in [3.63, 3.8) is 0 Å². The first-order valence-electron chi connectivity index (χ1n) is 8.04. The fourth-order valence-corrected chi connectivity index (χ4v) is 3.22. The number of hydrogen-bond donors (Lipinski definition) is 1. The van der Waals surface area contributed by atoms with E-state index in [0.29, 0.717) is 6.61 Å². The first-order valence-corrected chi connectivity index (χ1v) is 8.04. The van der Waals surface area contributed by atoms with Gasteiger partial charge in [0.1, 0.15) is 12.6 Å². The lowest BCUT2D eigenvalue weighted by Gasteiger charge is -2.21. The van der Waals surface area contributed by atoms with Gasteiger partial charge in [-0.2, -0.15) is 5.10 Å². The van der Waals surface area contributed by atoms with E-state index in [4.69, 9.17) is 4.74 Å². The third kappa shape index (κ3) is 3.12. The van der Waals surface area contributed by atoms with Crippen LogP contribution in [-0.4, -0.2) is 32.9 Å². The summed E-state index contributed by atoms with van der Waals surface area (Å²) in [5.74, 6) is -0.192. The van der Waals surface area contributed by atoms with Gasteiger partial charge in [-0.05, 0) is 26.3 Å². The highest BCUT2D eigenvalue weighted by atomic mass is 16.5. The zero-order valence-electron chi connectivity index (χ0n) is 14.2. The first kappa shape index (κ1) is 16.4. The molecule has 3 rings (SSSR count). The molecule has 128 valence electrons. The van der Waals surface area contributed by atoms with Crippen molar-refractivity contribution in [2.75, 3.05) is 6.61 Å². The molecule has 0 aromatic carbocycles. The van der Waals surface area contributed by atoms with E-state index >= 15 is 0 Å². The largest absolute Gasteiger partial charge is 0.371 e. The summed E-state index contributed by atoms with van der Waals surface area (Å²) >= 11 is 0. The highest BCUT2D eigenvalue weighted by Gasteiger charge is 2.34. The van der Waals surface area contributed by atoms with Gasteiger partial charge in [0.05, 0.1) is 11.7 Å². The summed E-state index contributed by atoms with van der Waals surface area (Å²) in [7, 11) is 1.90. The molecule has 2 aromatic heterocycles. The number of hydrogen-bond acceptors (Lipinski definition) is 4. The van der Waals surface area contributed by atoms with Crippen LogP contribution in [0.3, 0.4) is 0 Å². The van der Waals surface area contributed by atoms with Gasteiger partial charge >= 0.3 is 0 Å². The lowest BCUT2D eigenvalue weighted by molar-refractivity contribution is -0.122. The number of ether oxygens (including phenoxy) is 1. The standard InChI is InChI=1S/C17H22N4O3/c1-11-16(12(2)20(3)19-11)17-13(7-9-24-17)18-14(22)10-21-8-5-4-6-15(21)23/h4-6,8,13,17H,7,9-10H2,1-3H3,(H,18,22)/t13-,17-/m0/s1. The minimum Gasteiger partial charge on any atom is -0.371 e. The maximum atomic E-state index is 12.3. The number of aryl methyl sites for hydroxylation is 2. The molecule has 2 aromatic rings. The highest BCUT2D eigenvalue weighted by Crippen LogP contribution is 2.33. The average molecular weight is 330 g/mol. The Balaban J connectivity index is 1.73. The van der Waals surface area contributed by atoms with Gasteiger partial charge < -0.3 is 14.6 Å². The van der Waals surface area contributed by atoms with Crippen LogP contribution in [0.4, 0.5) is 0 Å². The Morgan fingerprint density at radius 1 is 1.42 bits per heavy atom. The van der Waals surface area contributed by atoms with Crippen LogP contribution >= 0.6 is 0 Å². The Hall–Kier alpha value is -2.41. The van der Waals surface area contributed by atoms with E-state index in [1.54, 1.807) is 18.3 Å². The van der Waals surface area contributed by atoms with Gasteiger partial charge in [0.15, 0.2) is 0 Å². The molecule has 0 bridgehead atoms. The van der Waals surface area contributed by atoms with Crippen LogP contribution in [0.15, 0.2) is 29.2 Å². The summed E-state index contributed by atoms with van der Waals surface area (Å²) in [6, 6.07) is 4.72. The SMILES string of the molecule is Cc1nn(C)c(C)c1[C@H]1OCC[C@@H]1NC(=O)Cn1ccccc1=O. The van der Waals surface area contributed by atoms with Crippen molar-refractivity contribution in [1.29, 1.82) is 0 Å². The second-order valence-corrected chi connectivity index (χ2v) is 6.13. The van der Waals surface area contributed by atoms with Crippen molar-refractivity contribution in [2.45, 2.75) is 39.0 Å². The maximum Gasteiger partial charge on any atom is 0.250 e. The first-order chi connectivity index (χ1) is 11.5. The molecule has 1 amide bonds. The zero-order valence-corrected chi connectivity index (χ0v) is 14.2. The quantitative estimate of drug-likeness (QED) is 0.901. The van der Waals surface area contributed by atoms with Crippen LogP contribution in [0.2, 0.25) is 0 Å². The van der Waals surface area contributed by atoms with Crippen molar-refractivity contribution >= 4 is 5.91 Å². The molecule has 0 saturated carbocycles. The number of amides is 1. The summed E-state index contributed by atoms with van der Waals surface area (Å²) in [4.78, 5) is 24.0. The molecular weight excluding hydrogens is 308 g/mol. The van der Waals surface area contributed by atoms with Crippen molar-refractivity contribution in [1.82, 2.24) is 19.7 Å². The molecule has 1 aliphatic heterocycles. The van der Waals surface area contributed by atoms with Crippen LogP contribution in [0, 0.1) is 13.8 Å². The Morgan fingerprint density at radius 3 is 2.88 bits per heavy atom. The normalized spacial score (nSPS) is 20.3. The molecule has 2 atom stereocenters. The second-order valence-electron chi connectivity index (χ2n) is 6.13. The minimum absolute atomic E-state index is 0.00783. The van der Waals surface area contributed by atoms with Gasteiger partial charge in [-0.25, -0.2) is 0 Å². The number of rotatable bonds is 4. The Bertz CT molecular complexity index is 808. The van der Waals surface area contributed by atoms with Gasteiger partial charge in [0, 0.05) is 37.2 Å². The Labute approximate surface area is 140 Å². The van der Waals surface area contributed by atoms with E-state index in [0.717, 1.165) is 23.4 Å².